The molecule has 0 aromatic carbocycles. The van der Waals surface area contributed by atoms with Gasteiger partial charge in [0.15, 0.2) is 16.1 Å². The molecule has 1 unspecified atom stereocenters. The van der Waals surface area contributed by atoms with Gasteiger partial charge in [-0.1, -0.05) is 11.6 Å². The smallest absolute Gasteiger partial charge is 0.156 e. The van der Waals surface area contributed by atoms with Crippen LogP contribution in [-0.2, 0) is 9.84 Å². The lowest BCUT2D eigenvalue weighted by Crippen LogP contribution is -2.36. The third-order valence-corrected chi connectivity index (χ3v) is 5.08. The second-order valence-corrected chi connectivity index (χ2v) is 7.11. The van der Waals surface area contributed by atoms with Crippen LogP contribution in [0.15, 0.2) is 6.33 Å². The first-order valence-electron chi connectivity index (χ1n) is 5.29. The summed E-state index contributed by atoms with van der Waals surface area (Å²) in [6, 6.07) is 0. The molecular weight excluding hydrogens is 278 g/mol. The highest BCUT2D eigenvalue weighted by Gasteiger charge is 2.39. The average Bonchev–Trinajstić information content (AvgIpc) is 2.53. The van der Waals surface area contributed by atoms with Gasteiger partial charge in [0.2, 0.25) is 0 Å². The summed E-state index contributed by atoms with van der Waals surface area (Å²) in [5.74, 6) is 0.413. The lowest BCUT2D eigenvalue weighted by atomic mass is 10.0. The molecule has 0 saturated carbocycles. The molecule has 98 valence electrons. The molecule has 0 bridgehead atoms. The highest BCUT2D eigenvalue weighted by atomic mass is 35.5. The Labute approximate surface area is 110 Å². The predicted molar refractivity (Wildman–Crippen MR) is 67.7 cm³/mol. The summed E-state index contributed by atoms with van der Waals surface area (Å²) in [5, 5.41) is 3.04. The van der Waals surface area contributed by atoms with E-state index in [1.54, 1.807) is 6.92 Å². The summed E-state index contributed by atoms with van der Waals surface area (Å²) in [6.07, 6.45) is 2.25. The van der Waals surface area contributed by atoms with Gasteiger partial charge in [-0.05, 0) is 13.3 Å². The largest absolute Gasteiger partial charge is 0.363 e. The van der Waals surface area contributed by atoms with Crippen molar-refractivity contribution in [3.8, 4) is 0 Å². The Morgan fingerprint density at radius 1 is 1.50 bits per heavy atom. The van der Waals surface area contributed by atoms with E-state index >= 15 is 0 Å². The Balaban J connectivity index is 2.30. The summed E-state index contributed by atoms with van der Waals surface area (Å²) in [7, 11) is -3.03. The first kappa shape index (κ1) is 13.2. The lowest BCUT2D eigenvalue weighted by molar-refractivity contribution is 0.112. The van der Waals surface area contributed by atoms with E-state index in [0.717, 1.165) is 0 Å². The summed E-state index contributed by atoms with van der Waals surface area (Å²) in [5.41, 5.74) is -0.487. The first-order valence-corrected chi connectivity index (χ1v) is 7.49. The molecule has 0 spiro atoms. The van der Waals surface area contributed by atoms with E-state index in [1.165, 1.54) is 6.33 Å². The standard InChI is InChI=1S/C10H12ClN3O3S/c1-10(2-3-18(16,17)5-10)14-9-7(4-15)8(11)12-6-13-9/h4,6H,2-3,5H2,1H3,(H,12,13,14). The van der Waals surface area contributed by atoms with Crippen molar-refractivity contribution in [2.75, 3.05) is 16.8 Å². The van der Waals surface area contributed by atoms with Crippen molar-refractivity contribution in [3.05, 3.63) is 17.0 Å². The van der Waals surface area contributed by atoms with Gasteiger partial charge in [-0.15, -0.1) is 0 Å². The molecule has 1 saturated heterocycles. The Kier molecular flexibility index (Phi) is 3.29. The molecule has 2 rings (SSSR count). The van der Waals surface area contributed by atoms with Gasteiger partial charge in [0.25, 0.3) is 0 Å². The maximum absolute atomic E-state index is 11.5. The number of nitrogens with zero attached hydrogens (tertiary/aromatic N) is 2. The number of nitrogens with one attached hydrogen (secondary N) is 1. The first-order chi connectivity index (χ1) is 8.35. The van der Waals surface area contributed by atoms with Crippen molar-refractivity contribution in [2.45, 2.75) is 18.9 Å². The zero-order valence-corrected chi connectivity index (χ0v) is 11.3. The molecule has 1 aliphatic rings. The number of halogens is 1. The Morgan fingerprint density at radius 2 is 2.22 bits per heavy atom. The van der Waals surface area contributed by atoms with Crippen LogP contribution in [-0.4, -0.2) is 41.7 Å². The van der Waals surface area contributed by atoms with Crippen LogP contribution in [0.3, 0.4) is 0 Å². The van der Waals surface area contributed by atoms with E-state index in [2.05, 4.69) is 15.3 Å². The van der Waals surface area contributed by atoms with E-state index in [9.17, 15) is 13.2 Å². The molecule has 6 nitrogen and oxygen atoms in total. The number of sulfone groups is 1. The fourth-order valence-electron chi connectivity index (χ4n) is 1.97. The van der Waals surface area contributed by atoms with Crippen LogP contribution in [0.1, 0.15) is 23.7 Å². The number of aldehydes is 1. The summed E-state index contributed by atoms with van der Waals surface area (Å²) in [6.45, 7) is 1.78. The Bertz CT molecular complexity index is 590. The van der Waals surface area contributed by atoms with Crippen LogP contribution >= 0.6 is 11.6 Å². The van der Waals surface area contributed by atoms with Crippen molar-refractivity contribution in [1.82, 2.24) is 9.97 Å². The van der Waals surface area contributed by atoms with Crippen molar-refractivity contribution in [1.29, 1.82) is 0 Å². The number of hydrogen-bond acceptors (Lipinski definition) is 6. The monoisotopic (exact) mass is 289 g/mol. The molecule has 1 N–H and O–H groups in total. The van der Waals surface area contributed by atoms with Gasteiger partial charge in [0.1, 0.15) is 17.3 Å². The topological polar surface area (TPSA) is 89.0 Å². The fourth-order valence-corrected chi connectivity index (χ4v) is 4.24. The SMILES string of the molecule is CC1(Nc2ncnc(Cl)c2C=O)CCS(=O)(=O)C1. The van der Waals surface area contributed by atoms with Crippen LogP contribution < -0.4 is 5.32 Å². The van der Waals surface area contributed by atoms with Crippen molar-refractivity contribution < 1.29 is 13.2 Å². The average molecular weight is 290 g/mol. The molecule has 1 fully saturated rings. The molecule has 1 aromatic heterocycles. The normalized spacial score (nSPS) is 25.9. The highest BCUT2D eigenvalue weighted by Crippen LogP contribution is 2.28. The Hall–Kier alpha value is -1.21. The molecule has 2 heterocycles. The van der Waals surface area contributed by atoms with Gasteiger partial charge in [0, 0.05) is 0 Å². The van der Waals surface area contributed by atoms with Crippen LogP contribution in [0.2, 0.25) is 5.15 Å². The van der Waals surface area contributed by atoms with E-state index in [-0.39, 0.29) is 28.0 Å². The van der Waals surface area contributed by atoms with Gasteiger partial charge >= 0.3 is 0 Å². The molecule has 1 aliphatic heterocycles. The fraction of sp³-hybridized carbons (Fsp3) is 0.500. The van der Waals surface area contributed by atoms with Gasteiger partial charge in [-0.3, -0.25) is 4.79 Å². The lowest BCUT2D eigenvalue weighted by Gasteiger charge is -2.25. The minimum atomic E-state index is -3.03. The summed E-state index contributed by atoms with van der Waals surface area (Å²) < 4.78 is 23.0. The molecule has 1 aromatic rings. The van der Waals surface area contributed by atoms with Crippen LogP contribution in [0.25, 0.3) is 0 Å². The minimum absolute atomic E-state index is 0.0138. The molecule has 0 aliphatic carbocycles. The van der Waals surface area contributed by atoms with Gasteiger partial charge < -0.3 is 5.32 Å². The van der Waals surface area contributed by atoms with E-state index in [4.69, 9.17) is 11.6 Å². The molecule has 1 atom stereocenters. The van der Waals surface area contributed by atoms with Gasteiger partial charge in [-0.25, -0.2) is 18.4 Å². The number of anilines is 1. The summed E-state index contributed by atoms with van der Waals surface area (Å²) >= 11 is 5.78. The minimum Gasteiger partial charge on any atom is -0.363 e. The number of hydrogen-bond donors (Lipinski definition) is 1. The predicted octanol–water partition coefficient (Wildman–Crippen LogP) is 0.932. The van der Waals surface area contributed by atoms with E-state index in [0.29, 0.717) is 12.7 Å². The maximum Gasteiger partial charge on any atom is 0.156 e. The van der Waals surface area contributed by atoms with Crippen molar-refractivity contribution >= 4 is 33.5 Å². The van der Waals surface area contributed by atoms with Gasteiger partial charge in [0.05, 0.1) is 22.6 Å². The number of aromatic nitrogens is 2. The second kappa shape index (κ2) is 4.47. The Morgan fingerprint density at radius 3 is 2.78 bits per heavy atom. The second-order valence-electron chi connectivity index (χ2n) is 4.57. The molecule has 8 heteroatoms. The number of rotatable bonds is 3. The number of carbonyl (C=O) groups excluding carboxylic acids is 1. The summed E-state index contributed by atoms with van der Waals surface area (Å²) in [4.78, 5) is 18.6. The molecule has 18 heavy (non-hydrogen) atoms. The molecule has 0 radical (unpaired) electrons. The van der Waals surface area contributed by atoms with Crippen LogP contribution in [0, 0.1) is 0 Å². The third-order valence-electron chi connectivity index (χ3n) is 2.88. The molecular formula is C10H12ClN3O3S. The van der Waals surface area contributed by atoms with E-state index in [1.807, 2.05) is 0 Å². The van der Waals surface area contributed by atoms with Crippen LogP contribution in [0.5, 0.6) is 0 Å². The molecule has 0 amide bonds. The zero-order chi connectivity index (χ0) is 13.4. The van der Waals surface area contributed by atoms with Crippen molar-refractivity contribution in [2.24, 2.45) is 0 Å². The maximum atomic E-state index is 11.5. The number of carbonyl (C=O) groups is 1. The van der Waals surface area contributed by atoms with E-state index < -0.39 is 15.4 Å². The highest BCUT2D eigenvalue weighted by molar-refractivity contribution is 7.91. The quantitative estimate of drug-likeness (QED) is 0.658. The third kappa shape index (κ3) is 2.62. The van der Waals surface area contributed by atoms with Gasteiger partial charge in [-0.2, -0.15) is 0 Å². The zero-order valence-electron chi connectivity index (χ0n) is 9.68. The van der Waals surface area contributed by atoms with Crippen LogP contribution in [0.4, 0.5) is 5.82 Å². The van der Waals surface area contributed by atoms with Crippen molar-refractivity contribution in [3.63, 3.8) is 0 Å².